The number of thioether (sulfide) groups is 1. The fourth-order valence-corrected chi connectivity index (χ4v) is 0.850. The number of carbonyl (C=O) groups excluding carboxylic acids is 1. The van der Waals surface area contributed by atoms with E-state index in [1.165, 1.54) is 11.8 Å². The second kappa shape index (κ2) is 4.35. The molecule has 3 N–H and O–H groups in total. The van der Waals surface area contributed by atoms with Crippen LogP contribution in [0.25, 0.3) is 0 Å². The van der Waals surface area contributed by atoms with Crippen LogP contribution in [0.1, 0.15) is 7.77 Å². The first-order chi connectivity index (χ1) is 5.49. The SMILES string of the molecule is [2H]C(CSC)C(N)(C=O)C(=O)O. The van der Waals surface area contributed by atoms with Crippen molar-refractivity contribution in [3.05, 3.63) is 0 Å². The third-order valence-electron chi connectivity index (χ3n) is 1.15. The molecule has 2 unspecified atom stereocenters. The lowest BCUT2D eigenvalue weighted by molar-refractivity contribution is -0.145. The van der Waals surface area contributed by atoms with Gasteiger partial charge in [0.2, 0.25) is 0 Å². The van der Waals surface area contributed by atoms with Crippen LogP contribution in [-0.4, -0.2) is 34.9 Å². The Hall–Kier alpha value is -0.550. The van der Waals surface area contributed by atoms with Gasteiger partial charge in [-0.05, 0) is 18.4 Å². The number of aliphatic carboxylic acids is 1. The van der Waals surface area contributed by atoms with Gasteiger partial charge in [-0.2, -0.15) is 11.8 Å². The first kappa shape index (κ1) is 8.55. The molecule has 64 valence electrons. The molecule has 0 aromatic rings. The van der Waals surface area contributed by atoms with Crippen LogP contribution < -0.4 is 5.73 Å². The lowest BCUT2D eigenvalue weighted by Gasteiger charge is -2.15. The van der Waals surface area contributed by atoms with Crippen LogP contribution in [0.5, 0.6) is 0 Å². The van der Waals surface area contributed by atoms with Crippen molar-refractivity contribution in [2.24, 2.45) is 5.73 Å². The highest BCUT2D eigenvalue weighted by Crippen LogP contribution is 2.07. The van der Waals surface area contributed by atoms with E-state index in [-0.39, 0.29) is 12.0 Å². The summed E-state index contributed by atoms with van der Waals surface area (Å²) in [4.78, 5) is 20.8. The van der Waals surface area contributed by atoms with Crippen LogP contribution in [0.15, 0.2) is 0 Å². The molecular weight excluding hydrogens is 166 g/mol. The zero-order valence-electron chi connectivity index (χ0n) is 7.11. The van der Waals surface area contributed by atoms with E-state index in [1.54, 1.807) is 6.26 Å². The predicted molar refractivity (Wildman–Crippen MR) is 43.6 cm³/mol. The maximum atomic E-state index is 10.5. The first-order valence-electron chi connectivity index (χ1n) is 3.46. The van der Waals surface area contributed by atoms with Crippen LogP contribution in [0.4, 0.5) is 0 Å². The normalized spacial score (nSPS) is 19.6. The zero-order valence-corrected chi connectivity index (χ0v) is 6.93. The molecule has 11 heavy (non-hydrogen) atoms. The number of nitrogens with two attached hydrogens (primary N) is 1. The minimum Gasteiger partial charge on any atom is -0.480 e. The van der Waals surface area contributed by atoms with Gasteiger partial charge in [-0.25, -0.2) is 4.79 Å². The number of hydrogen-bond acceptors (Lipinski definition) is 4. The maximum Gasteiger partial charge on any atom is 0.331 e. The largest absolute Gasteiger partial charge is 0.480 e. The Morgan fingerprint density at radius 3 is 2.82 bits per heavy atom. The van der Waals surface area contributed by atoms with Gasteiger partial charge in [0.25, 0.3) is 0 Å². The number of carboxylic acid groups (broad SMARTS) is 1. The number of aldehydes is 1. The molecule has 0 aliphatic carbocycles. The Labute approximate surface area is 70.5 Å². The number of rotatable bonds is 5. The molecule has 0 aromatic carbocycles. The van der Waals surface area contributed by atoms with E-state index < -0.39 is 17.9 Å². The van der Waals surface area contributed by atoms with Crippen molar-refractivity contribution in [1.82, 2.24) is 0 Å². The van der Waals surface area contributed by atoms with Gasteiger partial charge >= 0.3 is 5.97 Å². The molecule has 5 heteroatoms. The summed E-state index contributed by atoms with van der Waals surface area (Å²) in [5.74, 6) is -1.23. The molecule has 0 radical (unpaired) electrons. The molecule has 0 rings (SSSR count). The quantitative estimate of drug-likeness (QED) is 0.447. The van der Waals surface area contributed by atoms with Crippen LogP contribution in [0.2, 0.25) is 0 Å². The van der Waals surface area contributed by atoms with E-state index in [0.29, 0.717) is 0 Å². The van der Waals surface area contributed by atoms with Gasteiger partial charge in [0.05, 0.1) is 0 Å². The molecule has 2 atom stereocenters. The van der Waals surface area contributed by atoms with E-state index in [4.69, 9.17) is 12.2 Å². The van der Waals surface area contributed by atoms with Crippen LogP contribution in [0, 0.1) is 0 Å². The fraction of sp³-hybridized carbons (Fsp3) is 0.667. The molecule has 4 nitrogen and oxygen atoms in total. The highest BCUT2D eigenvalue weighted by Gasteiger charge is 2.32. The molecule has 0 aliphatic rings. The molecule has 0 bridgehead atoms. The summed E-state index contributed by atoms with van der Waals surface area (Å²) in [7, 11) is 0. The van der Waals surface area contributed by atoms with Crippen LogP contribution in [-0.2, 0) is 9.59 Å². The van der Waals surface area contributed by atoms with Crippen LogP contribution >= 0.6 is 11.8 Å². The van der Waals surface area contributed by atoms with Gasteiger partial charge in [0.1, 0.15) is 0 Å². The molecule has 0 heterocycles. The smallest absolute Gasteiger partial charge is 0.331 e. The molecule has 0 fully saturated rings. The molecule has 0 spiro atoms. The molecule has 0 aliphatic heterocycles. The monoisotopic (exact) mass is 178 g/mol. The van der Waals surface area contributed by atoms with Crippen molar-refractivity contribution in [3.8, 4) is 0 Å². The van der Waals surface area contributed by atoms with Crippen LogP contribution in [0.3, 0.4) is 0 Å². The average molecular weight is 178 g/mol. The highest BCUT2D eigenvalue weighted by molar-refractivity contribution is 7.98. The Kier molecular flexibility index (Phi) is 3.38. The molecular formula is C6H11NO3S. The Balaban J connectivity index is 4.50. The van der Waals surface area contributed by atoms with E-state index in [1.807, 2.05) is 0 Å². The summed E-state index contributed by atoms with van der Waals surface area (Å²) in [6, 6.07) is 0. The van der Waals surface area contributed by atoms with E-state index >= 15 is 0 Å². The molecule has 0 saturated heterocycles. The second-order valence-electron chi connectivity index (χ2n) is 2.02. The molecule has 0 amide bonds. The van der Waals surface area contributed by atoms with Gasteiger partial charge in [0, 0.05) is 1.37 Å². The third kappa shape index (κ3) is 2.90. The molecule has 0 saturated carbocycles. The fourth-order valence-electron chi connectivity index (χ4n) is 0.407. The summed E-state index contributed by atoms with van der Waals surface area (Å²) in [5.41, 5.74) is 3.13. The van der Waals surface area contributed by atoms with Crippen molar-refractivity contribution >= 4 is 24.0 Å². The Morgan fingerprint density at radius 2 is 2.55 bits per heavy atom. The summed E-state index contributed by atoms with van der Waals surface area (Å²) in [5, 5.41) is 8.54. The summed E-state index contributed by atoms with van der Waals surface area (Å²) < 4.78 is 7.30. The average Bonchev–Trinajstić information content (AvgIpc) is 2.03. The number of hydrogen-bond donors (Lipinski definition) is 2. The van der Waals surface area contributed by atoms with Gasteiger partial charge in [-0.15, -0.1) is 0 Å². The lowest BCUT2D eigenvalue weighted by Crippen LogP contribution is -2.50. The summed E-state index contributed by atoms with van der Waals surface area (Å²) in [6.45, 7) is 0. The summed E-state index contributed by atoms with van der Waals surface area (Å²) >= 11 is 1.28. The molecule has 0 aromatic heterocycles. The van der Waals surface area contributed by atoms with E-state index in [0.717, 1.165) is 0 Å². The Bertz CT molecular complexity index is 190. The van der Waals surface area contributed by atoms with Gasteiger partial charge in [-0.1, -0.05) is 0 Å². The van der Waals surface area contributed by atoms with E-state index in [2.05, 4.69) is 0 Å². The topological polar surface area (TPSA) is 80.4 Å². The van der Waals surface area contributed by atoms with Gasteiger partial charge in [0.15, 0.2) is 11.8 Å². The second-order valence-corrected chi connectivity index (χ2v) is 2.93. The van der Waals surface area contributed by atoms with Crippen molar-refractivity contribution in [1.29, 1.82) is 0 Å². The standard InChI is InChI=1S/C6H11NO3S/c1-11-3-2-6(7,4-8)5(9)10/h4H,2-3,7H2,1H3,(H,9,10)/i2D. The van der Waals surface area contributed by atoms with E-state index in [9.17, 15) is 9.59 Å². The predicted octanol–water partition coefficient (Wildman–Crippen LogP) is -0.280. The minimum atomic E-state index is -2.07. The van der Waals surface area contributed by atoms with Crippen molar-refractivity contribution in [3.63, 3.8) is 0 Å². The van der Waals surface area contributed by atoms with Crippen molar-refractivity contribution in [2.75, 3.05) is 12.0 Å². The maximum absolute atomic E-state index is 10.5. The van der Waals surface area contributed by atoms with Gasteiger partial charge in [-0.3, -0.25) is 0 Å². The number of carbonyl (C=O) groups is 2. The first-order valence-corrected chi connectivity index (χ1v) is 4.28. The number of carboxylic acids is 1. The van der Waals surface area contributed by atoms with Crippen molar-refractivity contribution < 1.29 is 16.1 Å². The van der Waals surface area contributed by atoms with Gasteiger partial charge < -0.3 is 15.6 Å². The van der Waals surface area contributed by atoms with Crippen molar-refractivity contribution in [2.45, 2.75) is 11.9 Å². The minimum absolute atomic E-state index is 0.114. The highest BCUT2D eigenvalue weighted by atomic mass is 32.2. The zero-order chi connectivity index (χ0) is 9.78. The summed E-state index contributed by atoms with van der Waals surface area (Å²) in [6.07, 6.45) is 0.722. The third-order valence-corrected chi connectivity index (χ3v) is 1.65. The Morgan fingerprint density at radius 1 is 2.00 bits per heavy atom. The lowest BCUT2D eigenvalue weighted by atomic mass is 10.0.